The number of rotatable bonds is 5. The van der Waals surface area contributed by atoms with Crippen molar-refractivity contribution in [2.45, 2.75) is 38.1 Å². The predicted molar refractivity (Wildman–Crippen MR) is 135 cm³/mol. The van der Waals surface area contributed by atoms with Gasteiger partial charge >= 0.3 is 0 Å². The molecule has 0 saturated carbocycles. The standard InChI is InChI=1S/C23H37N5O2.HI/c1-23(2,28-10-12-29-13-11-28)18-25-22(24-3)27-16-20-21(17-27)30-14-9-26(20)15-19-7-5-4-6-8-19;/h4-8,20-21H,9-18H2,1-3H3,(H,24,25);1H. The van der Waals surface area contributed by atoms with Crippen LogP contribution in [0.4, 0.5) is 0 Å². The molecule has 31 heavy (non-hydrogen) atoms. The van der Waals surface area contributed by atoms with Gasteiger partial charge in [-0.25, -0.2) is 0 Å². The van der Waals surface area contributed by atoms with Crippen LogP contribution in [0.1, 0.15) is 19.4 Å². The fourth-order valence-corrected chi connectivity index (χ4v) is 4.85. The molecule has 3 heterocycles. The van der Waals surface area contributed by atoms with E-state index in [-0.39, 0.29) is 35.6 Å². The Balaban J connectivity index is 0.00000272. The Labute approximate surface area is 204 Å². The van der Waals surface area contributed by atoms with E-state index >= 15 is 0 Å². The highest BCUT2D eigenvalue weighted by Gasteiger charge is 2.41. The Hall–Kier alpha value is -0.940. The lowest BCUT2D eigenvalue weighted by Crippen LogP contribution is -2.56. The van der Waals surface area contributed by atoms with Gasteiger partial charge in [-0.05, 0) is 19.4 Å². The highest BCUT2D eigenvalue weighted by atomic mass is 127. The minimum atomic E-state index is 0. The number of nitrogens with zero attached hydrogens (tertiary/aromatic N) is 4. The molecule has 1 aromatic rings. The molecule has 3 aliphatic rings. The summed E-state index contributed by atoms with van der Waals surface area (Å²) in [4.78, 5) is 12.1. The second kappa shape index (κ2) is 11.3. The zero-order valence-electron chi connectivity index (χ0n) is 19.1. The third kappa shape index (κ3) is 6.10. The van der Waals surface area contributed by atoms with E-state index in [9.17, 15) is 0 Å². The molecule has 174 valence electrons. The maximum Gasteiger partial charge on any atom is 0.193 e. The van der Waals surface area contributed by atoms with Crippen molar-refractivity contribution in [2.75, 3.05) is 66.1 Å². The van der Waals surface area contributed by atoms with Crippen LogP contribution in [0.25, 0.3) is 0 Å². The van der Waals surface area contributed by atoms with Crippen molar-refractivity contribution in [3.8, 4) is 0 Å². The van der Waals surface area contributed by atoms with Gasteiger partial charge in [0.05, 0.1) is 32.0 Å². The summed E-state index contributed by atoms with van der Waals surface area (Å²) in [6.07, 6.45) is 0.244. The van der Waals surface area contributed by atoms with Crippen molar-refractivity contribution in [2.24, 2.45) is 4.99 Å². The van der Waals surface area contributed by atoms with Gasteiger partial charge in [-0.1, -0.05) is 30.3 Å². The largest absolute Gasteiger partial charge is 0.379 e. The summed E-state index contributed by atoms with van der Waals surface area (Å²) in [7, 11) is 1.88. The predicted octanol–water partition coefficient (Wildman–Crippen LogP) is 1.88. The maximum atomic E-state index is 6.15. The van der Waals surface area contributed by atoms with Gasteiger partial charge in [0.25, 0.3) is 0 Å². The van der Waals surface area contributed by atoms with E-state index in [0.29, 0.717) is 6.04 Å². The normalized spacial score (nSPS) is 25.8. The van der Waals surface area contributed by atoms with E-state index in [2.05, 4.69) is 69.2 Å². The summed E-state index contributed by atoms with van der Waals surface area (Å²) in [6, 6.07) is 11.2. The zero-order chi connectivity index (χ0) is 21.0. The van der Waals surface area contributed by atoms with E-state index in [4.69, 9.17) is 9.47 Å². The van der Waals surface area contributed by atoms with Gasteiger partial charge in [0.15, 0.2) is 5.96 Å². The van der Waals surface area contributed by atoms with Crippen molar-refractivity contribution in [1.82, 2.24) is 20.0 Å². The first-order valence-electron chi connectivity index (χ1n) is 11.2. The molecule has 8 heteroatoms. The van der Waals surface area contributed by atoms with Gasteiger partial charge < -0.3 is 19.7 Å². The van der Waals surface area contributed by atoms with E-state index < -0.39 is 0 Å². The quantitative estimate of drug-likeness (QED) is 0.348. The monoisotopic (exact) mass is 543 g/mol. The molecule has 0 aromatic heterocycles. The highest BCUT2D eigenvalue weighted by Crippen LogP contribution is 2.25. The lowest BCUT2D eigenvalue weighted by atomic mass is 10.0. The Morgan fingerprint density at radius 2 is 1.84 bits per heavy atom. The third-order valence-corrected chi connectivity index (χ3v) is 6.70. The number of ether oxygens (including phenoxy) is 2. The first kappa shape index (κ1) is 24.7. The average Bonchev–Trinajstić information content (AvgIpc) is 3.21. The molecule has 0 radical (unpaired) electrons. The zero-order valence-corrected chi connectivity index (χ0v) is 21.5. The average molecular weight is 543 g/mol. The van der Waals surface area contributed by atoms with Crippen LogP contribution in [0.3, 0.4) is 0 Å². The molecule has 3 aliphatic heterocycles. The lowest BCUT2D eigenvalue weighted by Gasteiger charge is -2.41. The van der Waals surface area contributed by atoms with Gasteiger partial charge in [0, 0.05) is 58.4 Å². The Morgan fingerprint density at radius 3 is 2.55 bits per heavy atom. The first-order chi connectivity index (χ1) is 14.6. The molecular formula is C23H38IN5O2. The Morgan fingerprint density at radius 1 is 1.10 bits per heavy atom. The maximum absolute atomic E-state index is 6.15. The number of hydrogen-bond donors (Lipinski definition) is 1. The molecular weight excluding hydrogens is 505 g/mol. The van der Waals surface area contributed by atoms with Crippen molar-refractivity contribution in [3.63, 3.8) is 0 Å². The minimum Gasteiger partial charge on any atom is -0.379 e. The molecule has 1 N–H and O–H groups in total. The van der Waals surface area contributed by atoms with Crippen LogP contribution >= 0.6 is 24.0 Å². The molecule has 1 aromatic carbocycles. The molecule has 2 atom stereocenters. The van der Waals surface area contributed by atoms with Crippen molar-refractivity contribution in [3.05, 3.63) is 35.9 Å². The summed E-state index contributed by atoms with van der Waals surface area (Å²) < 4.78 is 11.7. The summed E-state index contributed by atoms with van der Waals surface area (Å²) in [5.74, 6) is 0.981. The number of aliphatic imine (C=N–C) groups is 1. The van der Waals surface area contributed by atoms with Crippen LogP contribution in [-0.2, 0) is 16.0 Å². The van der Waals surface area contributed by atoms with Crippen LogP contribution in [0.5, 0.6) is 0 Å². The van der Waals surface area contributed by atoms with Crippen molar-refractivity contribution < 1.29 is 9.47 Å². The van der Waals surface area contributed by atoms with Crippen molar-refractivity contribution >= 4 is 29.9 Å². The summed E-state index contributed by atoms with van der Waals surface area (Å²) in [5, 5.41) is 3.64. The molecule has 4 rings (SSSR count). The van der Waals surface area contributed by atoms with Gasteiger partial charge in [-0.3, -0.25) is 14.8 Å². The summed E-state index contributed by atoms with van der Waals surface area (Å²) in [5.41, 5.74) is 1.42. The first-order valence-corrected chi connectivity index (χ1v) is 11.2. The number of halogens is 1. The Kier molecular flexibility index (Phi) is 8.98. The van der Waals surface area contributed by atoms with Gasteiger partial charge in [-0.2, -0.15) is 0 Å². The Bertz CT molecular complexity index is 711. The second-order valence-corrected chi connectivity index (χ2v) is 9.15. The van der Waals surface area contributed by atoms with Crippen LogP contribution in [-0.4, -0.2) is 104 Å². The van der Waals surface area contributed by atoms with E-state index in [1.54, 1.807) is 0 Å². The number of fused-ring (bicyclic) bond motifs is 1. The number of likely N-dealkylation sites (tertiary alicyclic amines) is 1. The van der Waals surface area contributed by atoms with Gasteiger partial charge in [0.2, 0.25) is 0 Å². The van der Waals surface area contributed by atoms with Gasteiger partial charge in [-0.15, -0.1) is 24.0 Å². The molecule has 3 fully saturated rings. The second-order valence-electron chi connectivity index (χ2n) is 9.15. The SMILES string of the molecule is CN=C(NCC(C)(C)N1CCOCC1)N1CC2OCCN(Cc3ccccc3)C2C1.I. The lowest BCUT2D eigenvalue weighted by molar-refractivity contribution is -0.0502. The molecule has 7 nitrogen and oxygen atoms in total. The highest BCUT2D eigenvalue weighted by molar-refractivity contribution is 14.0. The topological polar surface area (TPSA) is 52.6 Å². The number of guanidine groups is 1. The number of benzene rings is 1. The smallest absolute Gasteiger partial charge is 0.193 e. The number of morpholine rings is 2. The molecule has 0 bridgehead atoms. The molecule has 3 saturated heterocycles. The fraction of sp³-hybridized carbons (Fsp3) is 0.696. The summed E-state index contributed by atoms with van der Waals surface area (Å²) >= 11 is 0. The number of hydrogen-bond acceptors (Lipinski definition) is 5. The fourth-order valence-electron chi connectivity index (χ4n) is 4.85. The van der Waals surface area contributed by atoms with Crippen LogP contribution in [0.15, 0.2) is 35.3 Å². The molecule has 0 amide bonds. The van der Waals surface area contributed by atoms with Crippen LogP contribution < -0.4 is 5.32 Å². The minimum absolute atomic E-state index is 0. The van der Waals surface area contributed by atoms with E-state index in [1.807, 2.05) is 7.05 Å². The molecule has 2 unspecified atom stereocenters. The van der Waals surface area contributed by atoms with E-state index in [1.165, 1.54) is 5.56 Å². The van der Waals surface area contributed by atoms with E-state index in [0.717, 1.165) is 71.6 Å². The molecule has 0 spiro atoms. The van der Waals surface area contributed by atoms with Gasteiger partial charge in [0.1, 0.15) is 0 Å². The van der Waals surface area contributed by atoms with Crippen LogP contribution in [0, 0.1) is 0 Å². The number of nitrogens with one attached hydrogen (secondary N) is 1. The molecule has 0 aliphatic carbocycles. The third-order valence-electron chi connectivity index (χ3n) is 6.70. The van der Waals surface area contributed by atoms with Crippen LogP contribution in [0.2, 0.25) is 0 Å². The summed E-state index contributed by atoms with van der Waals surface area (Å²) in [6.45, 7) is 13.7. The van der Waals surface area contributed by atoms with Crippen molar-refractivity contribution in [1.29, 1.82) is 0 Å².